The number of ether oxygens (including phenoxy) is 1. The van der Waals surface area contributed by atoms with Crippen LogP contribution in [0, 0.1) is 5.92 Å². The van der Waals surface area contributed by atoms with E-state index in [0.29, 0.717) is 19.4 Å². The molecule has 4 heteroatoms. The van der Waals surface area contributed by atoms with Crippen LogP contribution >= 0.6 is 0 Å². The molecule has 20 heavy (non-hydrogen) atoms. The molecular formula is C16H21NO3. The highest BCUT2D eigenvalue weighted by molar-refractivity contribution is 5.90. The summed E-state index contributed by atoms with van der Waals surface area (Å²) >= 11 is 0. The third kappa shape index (κ3) is 2.84. The summed E-state index contributed by atoms with van der Waals surface area (Å²) in [5.41, 5.74) is 1.06. The van der Waals surface area contributed by atoms with Crippen LogP contribution in [0.5, 0.6) is 5.75 Å². The maximum Gasteiger partial charge on any atom is 0.223 e. The molecule has 0 bridgehead atoms. The Hall–Kier alpha value is -1.84. The van der Waals surface area contributed by atoms with Crippen molar-refractivity contribution in [3.05, 3.63) is 29.8 Å². The fourth-order valence-corrected chi connectivity index (χ4v) is 2.67. The summed E-state index contributed by atoms with van der Waals surface area (Å²) in [4.78, 5) is 25.6. The van der Waals surface area contributed by atoms with Crippen molar-refractivity contribution in [2.75, 3.05) is 13.7 Å². The second-order valence-electron chi connectivity index (χ2n) is 5.22. The molecule has 1 heterocycles. The van der Waals surface area contributed by atoms with Crippen molar-refractivity contribution in [1.82, 2.24) is 4.90 Å². The molecule has 4 nitrogen and oxygen atoms in total. The number of rotatable bonds is 5. The number of likely N-dealkylation sites (tertiary alicyclic amines) is 1. The number of hydrogen-bond donors (Lipinski definition) is 0. The molecule has 1 aliphatic rings. The zero-order chi connectivity index (χ0) is 14.7. The van der Waals surface area contributed by atoms with Crippen LogP contribution in [0.3, 0.4) is 0 Å². The summed E-state index contributed by atoms with van der Waals surface area (Å²) in [5.74, 6) is 0.920. The average Bonchev–Trinajstić information content (AvgIpc) is 2.87. The number of carbonyl (C=O) groups is 2. The van der Waals surface area contributed by atoms with Crippen LogP contribution in [0.15, 0.2) is 24.3 Å². The molecule has 2 atom stereocenters. The number of nitrogens with zero attached hydrogens (tertiary/aromatic N) is 1. The first-order valence-corrected chi connectivity index (χ1v) is 7.03. The maximum atomic E-state index is 12.1. The second-order valence-corrected chi connectivity index (χ2v) is 5.22. The lowest BCUT2D eigenvalue weighted by Crippen LogP contribution is -2.29. The van der Waals surface area contributed by atoms with E-state index in [1.165, 1.54) is 0 Å². The van der Waals surface area contributed by atoms with Gasteiger partial charge >= 0.3 is 0 Å². The van der Waals surface area contributed by atoms with E-state index in [1.54, 1.807) is 12.0 Å². The number of amides is 1. The van der Waals surface area contributed by atoms with Gasteiger partial charge in [0.2, 0.25) is 5.91 Å². The lowest BCUT2D eigenvalue weighted by atomic mass is 10.0. The van der Waals surface area contributed by atoms with E-state index in [0.717, 1.165) is 11.3 Å². The van der Waals surface area contributed by atoms with Gasteiger partial charge in [-0.15, -0.1) is 0 Å². The number of hydrogen-bond acceptors (Lipinski definition) is 3. The molecule has 1 fully saturated rings. The second kappa shape index (κ2) is 6.07. The predicted octanol–water partition coefficient (Wildman–Crippen LogP) is 2.58. The largest absolute Gasteiger partial charge is 0.497 e. The third-order valence-corrected chi connectivity index (χ3v) is 4.03. The van der Waals surface area contributed by atoms with Crippen LogP contribution in [-0.4, -0.2) is 30.2 Å². The molecule has 1 saturated heterocycles. The van der Waals surface area contributed by atoms with Gasteiger partial charge in [0.05, 0.1) is 13.2 Å². The highest BCUT2D eigenvalue weighted by Gasteiger charge is 2.36. The van der Waals surface area contributed by atoms with E-state index in [4.69, 9.17) is 4.74 Å². The van der Waals surface area contributed by atoms with Crippen molar-refractivity contribution in [3.63, 3.8) is 0 Å². The molecule has 108 valence electrons. The van der Waals surface area contributed by atoms with Crippen LogP contribution in [0.25, 0.3) is 0 Å². The minimum atomic E-state index is -0.131. The third-order valence-electron chi connectivity index (χ3n) is 4.03. The van der Waals surface area contributed by atoms with Gasteiger partial charge in [-0.3, -0.25) is 9.59 Å². The fraction of sp³-hybridized carbons (Fsp3) is 0.500. The summed E-state index contributed by atoms with van der Waals surface area (Å²) in [6, 6.07) is 7.70. The Balaban J connectivity index is 2.10. The summed E-state index contributed by atoms with van der Waals surface area (Å²) < 4.78 is 5.13. The molecule has 1 aliphatic heterocycles. The van der Waals surface area contributed by atoms with Crippen LogP contribution in [0.2, 0.25) is 0 Å². The Bertz CT molecular complexity index is 495. The molecule has 0 N–H and O–H groups in total. The van der Waals surface area contributed by atoms with Gasteiger partial charge in [-0.25, -0.2) is 0 Å². The van der Waals surface area contributed by atoms with Crippen LogP contribution in [0.1, 0.15) is 38.3 Å². The van der Waals surface area contributed by atoms with Gasteiger partial charge in [0.1, 0.15) is 11.5 Å². The summed E-state index contributed by atoms with van der Waals surface area (Å²) in [5, 5.41) is 0. The Labute approximate surface area is 119 Å². The van der Waals surface area contributed by atoms with Crippen molar-refractivity contribution in [2.24, 2.45) is 5.92 Å². The first-order valence-electron chi connectivity index (χ1n) is 7.03. The zero-order valence-corrected chi connectivity index (χ0v) is 12.3. The summed E-state index contributed by atoms with van der Waals surface area (Å²) in [7, 11) is 1.63. The van der Waals surface area contributed by atoms with Crippen molar-refractivity contribution in [2.45, 2.75) is 32.7 Å². The van der Waals surface area contributed by atoms with Gasteiger partial charge in [-0.1, -0.05) is 19.1 Å². The minimum Gasteiger partial charge on any atom is -0.497 e. The minimum absolute atomic E-state index is 0.0111. The van der Waals surface area contributed by atoms with Crippen molar-refractivity contribution in [1.29, 1.82) is 0 Å². The van der Waals surface area contributed by atoms with E-state index in [-0.39, 0.29) is 23.7 Å². The number of ketones is 1. The molecular weight excluding hydrogens is 254 g/mol. The van der Waals surface area contributed by atoms with E-state index in [1.807, 2.05) is 38.1 Å². The lowest BCUT2D eigenvalue weighted by Gasteiger charge is -2.25. The molecule has 0 saturated carbocycles. The highest BCUT2D eigenvalue weighted by atomic mass is 16.5. The van der Waals surface area contributed by atoms with Gasteiger partial charge < -0.3 is 9.64 Å². The van der Waals surface area contributed by atoms with E-state index < -0.39 is 0 Å². The van der Waals surface area contributed by atoms with Crippen LogP contribution in [-0.2, 0) is 9.59 Å². The predicted molar refractivity (Wildman–Crippen MR) is 76.5 cm³/mol. The van der Waals surface area contributed by atoms with Gasteiger partial charge in [0, 0.05) is 25.3 Å². The Morgan fingerprint density at radius 1 is 1.40 bits per heavy atom. The topological polar surface area (TPSA) is 46.6 Å². The van der Waals surface area contributed by atoms with E-state index >= 15 is 0 Å². The van der Waals surface area contributed by atoms with Crippen LogP contribution < -0.4 is 4.74 Å². The monoisotopic (exact) mass is 275 g/mol. The van der Waals surface area contributed by atoms with Crippen molar-refractivity contribution < 1.29 is 14.3 Å². The molecule has 0 aromatic heterocycles. The van der Waals surface area contributed by atoms with Gasteiger partial charge in [-0.2, -0.15) is 0 Å². The van der Waals surface area contributed by atoms with Crippen molar-refractivity contribution in [3.8, 4) is 5.75 Å². The summed E-state index contributed by atoms with van der Waals surface area (Å²) in [6.45, 7) is 4.39. The highest BCUT2D eigenvalue weighted by Crippen LogP contribution is 2.30. The molecule has 2 rings (SSSR count). The van der Waals surface area contributed by atoms with Gasteiger partial charge in [-0.05, 0) is 24.6 Å². The quantitative estimate of drug-likeness (QED) is 0.829. The normalized spacial score (nSPS) is 20.1. The van der Waals surface area contributed by atoms with Crippen LogP contribution in [0.4, 0.5) is 0 Å². The molecule has 0 aliphatic carbocycles. The first kappa shape index (κ1) is 14.6. The molecule has 0 spiro atoms. The van der Waals surface area contributed by atoms with Gasteiger partial charge in [0.25, 0.3) is 0 Å². The zero-order valence-electron chi connectivity index (χ0n) is 12.3. The number of methoxy groups -OCH3 is 1. The molecule has 1 amide bonds. The number of benzene rings is 1. The summed E-state index contributed by atoms with van der Waals surface area (Å²) in [6.07, 6.45) is 0.857. The number of carbonyl (C=O) groups excluding carboxylic acids is 2. The molecule has 2 unspecified atom stereocenters. The van der Waals surface area contributed by atoms with E-state index in [9.17, 15) is 9.59 Å². The smallest absolute Gasteiger partial charge is 0.223 e. The Morgan fingerprint density at radius 3 is 2.60 bits per heavy atom. The molecule has 1 aromatic rings. The molecule has 0 radical (unpaired) electrons. The first-order chi connectivity index (χ1) is 9.56. The average molecular weight is 275 g/mol. The number of Topliss-reactive ketones (excluding diaryl/α,β-unsaturated/α-hetero) is 1. The lowest BCUT2D eigenvalue weighted by molar-refractivity contribution is -0.130. The SMILES string of the molecule is CCC(=O)C1CC(=O)N(C(C)c2ccc(OC)cc2)C1. The molecule has 1 aromatic carbocycles. The maximum absolute atomic E-state index is 12.1. The van der Waals surface area contributed by atoms with E-state index in [2.05, 4.69) is 0 Å². The van der Waals surface area contributed by atoms with Crippen molar-refractivity contribution >= 4 is 11.7 Å². The Kier molecular flexibility index (Phi) is 4.42. The standard InChI is InChI=1S/C16H21NO3/c1-4-15(18)13-9-16(19)17(10-13)11(2)12-5-7-14(20-3)8-6-12/h5-8,11,13H,4,9-10H2,1-3H3. The van der Waals surface area contributed by atoms with Gasteiger partial charge in [0.15, 0.2) is 0 Å². The Morgan fingerprint density at radius 2 is 2.05 bits per heavy atom. The fourth-order valence-electron chi connectivity index (χ4n) is 2.67.